The Kier molecular flexibility index (Phi) is 5.74. The van der Waals surface area contributed by atoms with E-state index in [4.69, 9.17) is 21.4 Å². The number of hydrogen-bond acceptors (Lipinski definition) is 4. The number of halogens is 1. The lowest BCUT2D eigenvalue weighted by Gasteiger charge is -2.14. The molecule has 0 fully saturated rings. The summed E-state index contributed by atoms with van der Waals surface area (Å²) in [7, 11) is -2.58. The van der Waals surface area contributed by atoms with Crippen LogP contribution < -0.4 is 4.72 Å². The number of carboxylic acid groups (broad SMARTS) is 1. The van der Waals surface area contributed by atoms with Crippen LogP contribution in [0, 0.1) is 0 Å². The van der Waals surface area contributed by atoms with Crippen LogP contribution in [0.2, 0.25) is 5.02 Å². The topological polar surface area (TPSA) is 92.7 Å². The molecule has 0 amide bonds. The zero-order valence-corrected chi connectivity index (χ0v) is 11.7. The minimum atomic E-state index is -3.98. The molecule has 2 N–H and O–H groups in total. The van der Waals surface area contributed by atoms with Crippen LogP contribution in [0.1, 0.15) is 6.42 Å². The zero-order chi connectivity index (χ0) is 14.5. The van der Waals surface area contributed by atoms with Gasteiger partial charge in [-0.1, -0.05) is 23.7 Å². The summed E-state index contributed by atoms with van der Waals surface area (Å²) in [6.45, 7) is 0.127. The Labute approximate surface area is 116 Å². The van der Waals surface area contributed by atoms with Gasteiger partial charge in [0, 0.05) is 13.7 Å². The SMILES string of the molecule is COCCC(NS(=O)(=O)c1ccccc1Cl)C(=O)O. The van der Waals surface area contributed by atoms with Gasteiger partial charge in [0.05, 0.1) is 5.02 Å². The first-order valence-corrected chi connectivity index (χ1v) is 7.23. The van der Waals surface area contributed by atoms with Gasteiger partial charge in [0.25, 0.3) is 0 Å². The van der Waals surface area contributed by atoms with Crippen LogP contribution in [0.4, 0.5) is 0 Å². The van der Waals surface area contributed by atoms with Crippen molar-refractivity contribution in [3.8, 4) is 0 Å². The molecule has 1 aromatic rings. The van der Waals surface area contributed by atoms with E-state index in [-0.39, 0.29) is 22.9 Å². The van der Waals surface area contributed by atoms with Gasteiger partial charge < -0.3 is 9.84 Å². The molecule has 0 bridgehead atoms. The first kappa shape index (κ1) is 15.9. The molecule has 0 spiro atoms. The first-order chi connectivity index (χ1) is 8.88. The van der Waals surface area contributed by atoms with Crippen molar-refractivity contribution < 1.29 is 23.1 Å². The second-order valence-corrected chi connectivity index (χ2v) is 5.81. The summed E-state index contributed by atoms with van der Waals surface area (Å²) in [5.41, 5.74) is 0. The number of aliphatic carboxylic acids is 1. The van der Waals surface area contributed by atoms with E-state index in [0.717, 1.165) is 0 Å². The lowest BCUT2D eigenvalue weighted by atomic mass is 10.2. The van der Waals surface area contributed by atoms with Crippen molar-refractivity contribution in [1.82, 2.24) is 4.72 Å². The Hall–Kier alpha value is -1.15. The van der Waals surface area contributed by atoms with Gasteiger partial charge in [0.1, 0.15) is 10.9 Å². The Morgan fingerprint density at radius 3 is 2.63 bits per heavy atom. The van der Waals surface area contributed by atoms with Gasteiger partial charge in [0.15, 0.2) is 0 Å². The van der Waals surface area contributed by atoms with Crippen LogP contribution in [-0.2, 0) is 19.6 Å². The molecule has 6 nitrogen and oxygen atoms in total. The number of methoxy groups -OCH3 is 1. The summed E-state index contributed by atoms with van der Waals surface area (Å²) in [6.07, 6.45) is 0.0233. The van der Waals surface area contributed by atoms with E-state index >= 15 is 0 Å². The third kappa shape index (κ3) is 4.46. The molecule has 0 aromatic heterocycles. The molecule has 0 saturated carbocycles. The van der Waals surface area contributed by atoms with E-state index in [1.165, 1.54) is 25.3 Å². The van der Waals surface area contributed by atoms with E-state index in [2.05, 4.69) is 4.72 Å². The number of ether oxygens (including phenoxy) is 1. The zero-order valence-electron chi connectivity index (χ0n) is 10.2. The van der Waals surface area contributed by atoms with E-state index in [1.807, 2.05) is 0 Å². The highest BCUT2D eigenvalue weighted by Gasteiger charge is 2.26. The Bertz CT molecular complexity index is 546. The third-order valence-electron chi connectivity index (χ3n) is 2.33. The van der Waals surface area contributed by atoms with Crippen molar-refractivity contribution in [1.29, 1.82) is 0 Å². The molecule has 1 rings (SSSR count). The highest BCUT2D eigenvalue weighted by Crippen LogP contribution is 2.20. The minimum Gasteiger partial charge on any atom is -0.480 e. The van der Waals surface area contributed by atoms with E-state index < -0.39 is 22.0 Å². The van der Waals surface area contributed by atoms with Crippen LogP contribution in [0.25, 0.3) is 0 Å². The predicted octanol–water partition coefficient (Wildman–Crippen LogP) is 1.11. The molecule has 0 heterocycles. The van der Waals surface area contributed by atoms with Gasteiger partial charge in [-0.3, -0.25) is 4.79 Å². The highest BCUT2D eigenvalue weighted by molar-refractivity contribution is 7.89. The smallest absolute Gasteiger partial charge is 0.321 e. The third-order valence-corrected chi connectivity index (χ3v) is 4.30. The molecule has 0 saturated heterocycles. The largest absolute Gasteiger partial charge is 0.480 e. The number of nitrogens with one attached hydrogen (secondary N) is 1. The van der Waals surface area contributed by atoms with Gasteiger partial charge in [-0.2, -0.15) is 4.72 Å². The van der Waals surface area contributed by atoms with E-state index in [9.17, 15) is 13.2 Å². The molecule has 1 aromatic carbocycles. The average molecular weight is 308 g/mol. The molecule has 19 heavy (non-hydrogen) atoms. The van der Waals surface area contributed by atoms with Crippen molar-refractivity contribution in [3.63, 3.8) is 0 Å². The van der Waals surface area contributed by atoms with Crippen molar-refractivity contribution in [2.45, 2.75) is 17.4 Å². The maximum Gasteiger partial charge on any atom is 0.321 e. The second-order valence-electron chi connectivity index (χ2n) is 3.72. The number of sulfonamides is 1. The van der Waals surface area contributed by atoms with Gasteiger partial charge in [-0.25, -0.2) is 8.42 Å². The van der Waals surface area contributed by atoms with Crippen LogP contribution in [0.15, 0.2) is 29.2 Å². The Morgan fingerprint density at radius 1 is 1.47 bits per heavy atom. The summed E-state index contributed by atoms with van der Waals surface area (Å²) >= 11 is 5.78. The van der Waals surface area contributed by atoms with Crippen LogP contribution in [0.3, 0.4) is 0 Å². The predicted molar refractivity (Wildman–Crippen MR) is 69.7 cm³/mol. The number of hydrogen-bond donors (Lipinski definition) is 2. The molecule has 1 atom stereocenters. The molecule has 0 aliphatic heterocycles. The van der Waals surface area contributed by atoms with Gasteiger partial charge in [0.2, 0.25) is 10.0 Å². The summed E-state index contributed by atoms with van der Waals surface area (Å²) in [5, 5.41) is 9.00. The molecule has 0 aliphatic rings. The standard InChI is InChI=1S/C11H14ClNO5S/c1-18-7-6-9(11(14)15)13-19(16,17)10-5-3-2-4-8(10)12/h2-5,9,13H,6-7H2,1H3,(H,14,15). The Morgan fingerprint density at radius 2 is 2.11 bits per heavy atom. The summed E-state index contributed by atoms with van der Waals surface area (Å²) in [6, 6.07) is 4.55. The molecule has 1 unspecified atom stereocenters. The van der Waals surface area contributed by atoms with Crippen LogP contribution >= 0.6 is 11.6 Å². The van der Waals surface area contributed by atoms with E-state index in [0.29, 0.717) is 0 Å². The fraction of sp³-hybridized carbons (Fsp3) is 0.364. The van der Waals surface area contributed by atoms with Crippen molar-refractivity contribution >= 4 is 27.6 Å². The monoisotopic (exact) mass is 307 g/mol. The quantitative estimate of drug-likeness (QED) is 0.787. The van der Waals surface area contributed by atoms with Crippen LogP contribution in [0.5, 0.6) is 0 Å². The lowest BCUT2D eigenvalue weighted by molar-refractivity contribution is -0.139. The Balaban J connectivity index is 2.95. The summed E-state index contributed by atoms with van der Waals surface area (Å²) in [4.78, 5) is 10.8. The molecule has 8 heteroatoms. The van der Waals surface area contributed by atoms with Crippen LogP contribution in [-0.4, -0.2) is 39.3 Å². The van der Waals surface area contributed by atoms with Gasteiger partial charge >= 0.3 is 5.97 Å². The first-order valence-electron chi connectivity index (χ1n) is 5.37. The minimum absolute atomic E-state index is 0.0233. The summed E-state index contributed by atoms with van der Waals surface area (Å²) in [5.74, 6) is -1.27. The highest BCUT2D eigenvalue weighted by atomic mass is 35.5. The molecular weight excluding hydrogens is 294 g/mol. The molecular formula is C11H14ClNO5S. The number of benzene rings is 1. The summed E-state index contributed by atoms with van der Waals surface area (Å²) < 4.78 is 30.9. The number of rotatable bonds is 7. The van der Waals surface area contributed by atoms with Gasteiger partial charge in [-0.05, 0) is 18.6 Å². The number of carbonyl (C=O) groups is 1. The fourth-order valence-electron chi connectivity index (χ4n) is 1.38. The maximum atomic E-state index is 12.0. The number of carboxylic acids is 1. The van der Waals surface area contributed by atoms with E-state index in [1.54, 1.807) is 6.07 Å². The second kappa shape index (κ2) is 6.85. The fourth-order valence-corrected chi connectivity index (χ4v) is 3.13. The lowest BCUT2D eigenvalue weighted by Crippen LogP contribution is -2.41. The molecule has 106 valence electrons. The van der Waals surface area contributed by atoms with Crippen molar-refractivity contribution in [2.24, 2.45) is 0 Å². The maximum absolute atomic E-state index is 12.0. The average Bonchev–Trinajstić information content (AvgIpc) is 2.34. The molecule has 0 radical (unpaired) electrons. The normalized spacial score (nSPS) is 13.2. The van der Waals surface area contributed by atoms with Crippen molar-refractivity contribution in [3.05, 3.63) is 29.3 Å². The van der Waals surface area contributed by atoms with Crippen molar-refractivity contribution in [2.75, 3.05) is 13.7 Å². The van der Waals surface area contributed by atoms with Gasteiger partial charge in [-0.15, -0.1) is 0 Å². The molecule has 0 aliphatic carbocycles.